The molecule has 21 heavy (non-hydrogen) atoms. The number of carbonyl (C=O) groups excluding carboxylic acids is 1. The van der Waals surface area contributed by atoms with Gasteiger partial charge in [0.2, 0.25) is 0 Å². The third-order valence-electron chi connectivity index (χ3n) is 3.82. The fraction of sp³-hybridized carbons (Fsp3) is 0.615. The molecule has 1 aromatic rings. The Balaban J connectivity index is 1.95. The largest absolute Gasteiger partial charge is 0.409 e. The molecule has 0 saturated carbocycles. The summed E-state index contributed by atoms with van der Waals surface area (Å²) in [5.41, 5.74) is 6.18. The maximum atomic E-state index is 12.3. The Kier molecular flexibility index (Phi) is 4.79. The van der Waals surface area contributed by atoms with Crippen molar-refractivity contribution in [2.24, 2.45) is 17.9 Å². The molecule has 1 fully saturated rings. The molecule has 1 saturated heterocycles. The van der Waals surface area contributed by atoms with Gasteiger partial charge in [-0.25, -0.2) is 0 Å². The second-order valence-electron chi connectivity index (χ2n) is 5.15. The van der Waals surface area contributed by atoms with Crippen LogP contribution in [0.4, 0.5) is 0 Å². The van der Waals surface area contributed by atoms with E-state index in [4.69, 9.17) is 10.9 Å². The first-order chi connectivity index (χ1) is 10.1. The van der Waals surface area contributed by atoms with Crippen molar-refractivity contribution in [3.63, 3.8) is 0 Å². The number of carbonyl (C=O) groups is 1. The fourth-order valence-corrected chi connectivity index (χ4v) is 2.65. The molecule has 1 aliphatic heterocycles. The smallest absolute Gasteiger partial charge is 0.274 e. The molecule has 0 aromatic carbocycles. The van der Waals surface area contributed by atoms with Gasteiger partial charge < -0.3 is 15.8 Å². The molecule has 3 N–H and O–H groups in total. The lowest BCUT2D eigenvalue weighted by Crippen LogP contribution is -2.55. The van der Waals surface area contributed by atoms with E-state index in [-0.39, 0.29) is 17.8 Å². The number of hydrogen-bond acceptors (Lipinski definition) is 5. The molecule has 8 nitrogen and oxygen atoms in total. The summed E-state index contributed by atoms with van der Waals surface area (Å²) in [6, 6.07) is 1.64. The average Bonchev–Trinajstić information content (AvgIpc) is 2.94. The summed E-state index contributed by atoms with van der Waals surface area (Å²) in [4.78, 5) is 16.2. The third-order valence-corrected chi connectivity index (χ3v) is 3.82. The number of amides is 1. The SMILES string of the molecule is CCC(/C(N)=N/O)N1CCN(C(=O)c2ccn(C)n2)CC1. The Morgan fingerprint density at radius 3 is 2.62 bits per heavy atom. The first kappa shape index (κ1) is 15.3. The Bertz CT molecular complexity index is 518. The van der Waals surface area contributed by atoms with Crippen LogP contribution >= 0.6 is 0 Å². The molecule has 0 radical (unpaired) electrons. The number of hydrogen-bond donors (Lipinski definition) is 2. The van der Waals surface area contributed by atoms with Crippen LogP contribution in [0, 0.1) is 0 Å². The lowest BCUT2D eigenvalue weighted by atomic mass is 10.1. The quantitative estimate of drug-likeness (QED) is 0.344. The van der Waals surface area contributed by atoms with Crippen LogP contribution in [-0.2, 0) is 7.05 Å². The molecule has 8 heteroatoms. The van der Waals surface area contributed by atoms with Gasteiger partial charge in [-0.05, 0) is 12.5 Å². The van der Waals surface area contributed by atoms with E-state index < -0.39 is 0 Å². The van der Waals surface area contributed by atoms with Crippen molar-refractivity contribution in [1.82, 2.24) is 19.6 Å². The highest BCUT2D eigenvalue weighted by Crippen LogP contribution is 2.12. The Labute approximate surface area is 123 Å². The zero-order valence-electron chi connectivity index (χ0n) is 12.4. The summed E-state index contributed by atoms with van der Waals surface area (Å²) in [6.07, 6.45) is 2.53. The summed E-state index contributed by atoms with van der Waals surface area (Å²) >= 11 is 0. The molecule has 2 rings (SSSR count). The molecule has 1 amide bonds. The normalized spacial score (nSPS) is 18.8. The molecule has 0 aliphatic carbocycles. The molecule has 1 unspecified atom stereocenters. The maximum absolute atomic E-state index is 12.3. The van der Waals surface area contributed by atoms with Crippen molar-refractivity contribution in [3.05, 3.63) is 18.0 Å². The molecule has 1 aromatic heterocycles. The maximum Gasteiger partial charge on any atom is 0.274 e. The number of oxime groups is 1. The van der Waals surface area contributed by atoms with Crippen molar-refractivity contribution in [3.8, 4) is 0 Å². The topological polar surface area (TPSA) is 100.0 Å². The Hall–Kier alpha value is -2.09. The molecule has 1 atom stereocenters. The Morgan fingerprint density at radius 1 is 1.48 bits per heavy atom. The fourth-order valence-electron chi connectivity index (χ4n) is 2.65. The highest BCUT2D eigenvalue weighted by Gasteiger charge is 2.28. The van der Waals surface area contributed by atoms with Gasteiger partial charge in [0, 0.05) is 39.4 Å². The number of rotatable bonds is 4. The predicted octanol–water partition coefficient (Wildman–Crippen LogP) is -0.297. The summed E-state index contributed by atoms with van der Waals surface area (Å²) in [5, 5.41) is 16.1. The zero-order valence-corrected chi connectivity index (χ0v) is 12.4. The third kappa shape index (κ3) is 3.33. The van der Waals surface area contributed by atoms with Gasteiger partial charge in [0.1, 0.15) is 5.69 Å². The summed E-state index contributed by atoms with van der Waals surface area (Å²) in [6.45, 7) is 4.63. The highest BCUT2D eigenvalue weighted by atomic mass is 16.4. The van der Waals surface area contributed by atoms with Gasteiger partial charge in [-0.15, -0.1) is 0 Å². The number of nitrogens with two attached hydrogens (primary N) is 1. The van der Waals surface area contributed by atoms with Gasteiger partial charge in [0.15, 0.2) is 5.84 Å². The second kappa shape index (κ2) is 6.57. The number of aromatic nitrogens is 2. The van der Waals surface area contributed by atoms with Gasteiger partial charge in [-0.3, -0.25) is 14.4 Å². The molecule has 1 aliphatic rings. The minimum atomic E-state index is -0.0814. The highest BCUT2D eigenvalue weighted by molar-refractivity contribution is 5.92. The molecule has 2 heterocycles. The van der Waals surface area contributed by atoms with E-state index in [1.54, 1.807) is 28.9 Å². The van der Waals surface area contributed by atoms with Crippen LogP contribution in [0.3, 0.4) is 0 Å². The molecular weight excluding hydrogens is 272 g/mol. The minimum absolute atomic E-state index is 0.0490. The number of nitrogens with zero attached hydrogens (tertiary/aromatic N) is 5. The van der Waals surface area contributed by atoms with Gasteiger partial charge >= 0.3 is 0 Å². The zero-order chi connectivity index (χ0) is 15.4. The molecular formula is C13H22N6O2. The summed E-state index contributed by atoms with van der Waals surface area (Å²) in [5.74, 6) is 0.175. The van der Waals surface area contributed by atoms with Crippen molar-refractivity contribution in [1.29, 1.82) is 0 Å². The summed E-state index contributed by atoms with van der Waals surface area (Å²) in [7, 11) is 1.79. The van der Waals surface area contributed by atoms with Crippen molar-refractivity contribution < 1.29 is 10.0 Å². The van der Waals surface area contributed by atoms with E-state index in [0.29, 0.717) is 31.9 Å². The van der Waals surface area contributed by atoms with E-state index in [1.807, 2.05) is 6.92 Å². The standard InChI is InChI=1S/C13H22N6O2/c1-3-11(12(14)16-21)18-6-8-19(9-7-18)13(20)10-4-5-17(2)15-10/h4-5,11,21H,3,6-9H2,1-2H3,(H2,14,16). The average molecular weight is 294 g/mol. The van der Waals surface area contributed by atoms with E-state index in [2.05, 4.69) is 15.2 Å². The summed E-state index contributed by atoms with van der Waals surface area (Å²) < 4.78 is 1.62. The van der Waals surface area contributed by atoms with Gasteiger partial charge in [-0.2, -0.15) is 5.10 Å². The number of piperazine rings is 1. The first-order valence-electron chi connectivity index (χ1n) is 7.07. The van der Waals surface area contributed by atoms with Crippen LogP contribution < -0.4 is 5.73 Å². The minimum Gasteiger partial charge on any atom is -0.409 e. The van der Waals surface area contributed by atoms with Crippen LogP contribution in [0.15, 0.2) is 17.4 Å². The lowest BCUT2D eigenvalue weighted by molar-refractivity contribution is 0.0602. The van der Waals surface area contributed by atoms with Crippen LogP contribution in [0.2, 0.25) is 0 Å². The first-order valence-corrected chi connectivity index (χ1v) is 7.07. The monoisotopic (exact) mass is 294 g/mol. The van der Waals surface area contributed by atoms with Gasteiger partial charge in [-0.1, -0.05) is 12.1 Å². The second-order valence-corrected chi connectivity index (χ2v) is 5.15. The van der Waals surface area contributed by atoms with Crippen LogP contribution in [0.5, 0.6) is 0 Å². The molecule has 0 spiro atoms. The van der Waals surface area contributed by atoms with Gasteiger partial charge in [0.25, 0.3) is 5.91 Å². The van der Waals surface area contributed by atoms with Crippen molar-refractivity contribution in [2.75, 3.05) is 26.2 Å². The predicted molar refractivity (Wildman–Crippen MR) is 78.2 cm³/mol. The van der Waals surface area contributed by atoms with Crippen LogP contribution in [-0.4, -0.2) is 68.8 Å². The van der Waals surface area contributed by atoms with E-state index in [9.17, 15) is 4.79 Å². The molecule has 116 valence electrons. The Morgan fingerprint density at radius 2 is 2.14 bits per heavy atom. The van der Waals surface area contributed by atoms with E-state index in [0.717, 1.165) is 6.42 Å². The number of amidine groups is 1. The van der Waals surface area contributed by atoms with Gasteiger partial charge in [0.05, 0.1) is 6.04 Å². The number of aryl methyl sites for hydroxylation is 1. The molecule has 0 bridgehead atoms. The van der Waals surface area contributed by atoms with Crippen molar-refractivity contribution >= 4 is 11.7 Å². The van der Waals surface area contributed by atoms with E-state index >= 15 is 0 Å². The van der Waals surface area contributed by atoms with Crippen LogP contribution in [0.1, 0.15) is 23.8 Å². The van der Waals surface area contributed by atoms with Crippen molar-refractivity contribution in [2.45, 2.75) is 19.4 Å². The van der Waals surface area contributed by atoms with Crippen LogP contribution in [0.25, 0.3) is 0 Å². The lowest BCUT2D eigenvalue weighted by Gasteiger charge is -2.38. The van der Waals surface area contributed by atoms with E-state index in [1.165, 1.54) is 0 Å².